The number of hydrogen-bond acceptors (Lipinski definition) is 4. The van der Waals surface area contributed by atoms with E-state index >= 15 is 0 Å². The fourth-order valence-electron chi connectivity index (χ4n) is 1.44. The molecule has 18 heavy (non-hydrogen) atoms. The molecule has 0 fully saturated rings. The van der Waals surface area contributed by atoms with E-state index in [0.29, 0.717) is 17.3 Å². The number of hydrogen-bond donors (Lipinski definition) is 2. The maximum atomic E-state index is 11.7. The summed E-state index contributed by atoms with van der Waals surface area (Å²) in [6.45, 7) is 2.04. The molecule has 1 aromatic rings. The van der Waals surface area contributed by atoms with Gasteiger partial charge in [-0.25, -0.2) is 4.98 Å². The van der Waals surface area contributed by atoms with Gasteiger partial charge in [0.25, 0.3) is 0 Å². The topological polar surface area (TPSA) is 65.5 Å². The molecule has 0 aliphatic heterocycles. The van der Waals surface area contributed by atoms with Crippen molar-refractivity contribution in [2.24, 2.45) is 0 Å². The molecule has 1 heterocycles. The molecule has 0 saturated heterocycles. The van der Waals surface area contributed by atoms with Crippen molar-refractivity contribution in [3.05, 3.63) is 23.4 Å². The highest BCUT2D eigenvalue weighted by atomic mass is 35.5. The number of likely N-dealkylation sites (N-methyl/N-ethyl adjacent to an activating group) is 1. The number of nitrogens with zero attached hydrogens (tertiary/aromatic N) is 2. The Kier molecular flexibility index (Phi) is 5.88. The first kappa shape index (κ1) is 14.7. The Bertz CT molecular complexity index is 379. The fraction of sp³-hybridized carbons (Fsp3) is 0.500. The van der Waals surface area contributed by atoms with Gasteiger partial charge in [0.05, 0.1) is 24.2 Å². The number of rotatable bonds is 6. The van der Waals surface area contributed by atoms with Gasteiger partial charge >= 0.3 is 0 Å². The summed E-state index contributed by atoms with van der Waals surface area (Å²) in [5.41, 5.74) is 0. The largest absolute Gasteiger partial charge is 0.394 e. The van der Waals surface area contributed by atoms with Crippen LogP contribution in [0.2, 0.25) is 5.02 Å². The van der Waals surface area contributed by atoms with Gasteiger partial charge in [0.1, 0.15) is 5.82 Å². The van der Waals surface area contributed by atoms with Crippen molar-refractivity contribution in [3.8, 4) is 0 Å². The minimum atomic E-state index is -0.191. The van der Waals surface area contributed by atoms with Crippen LogP contribution >= 0.6 is 11.6 Å². The fourth-order valence-corrected chi connectivity index (χ4v) is 1.55. The number of aliphatic hydroxyl groups is 1. The molecule has 0 aromatic carbocycles. The third-order valence-corrected chi connectivity index (χ3v) is 2.79. The van der Waals surface area contributed by atoms with Crippen molar-refractivity contribution in [1.29, 1.82) is 0 Å². The predicted molar refractivity (Wildman–Crippen MR) is 71.8 cm³/mol. The Hall–Kier alpha value is -1.33. The highest BCUT2D eigenvalue weighted by Crippen LogP contribution is 2.12. The molecule has 2 N–H and O–H groups in total. The smallest absolute Gasteiger partial charge is 0.239 e. The molecule has 0 radical (unpaired) electrons. The summed E-state index contributed by atoms with van der Waals surface area (Å²) in [5, 5.41) is 12.3. The molecule has 100 valence electrons. The van der Waals surface area contributed by atoms with Crippen LogP contribution < -0.4 is 10.2 Å². The van der Waals surface area contributed by atoms with Crippen LogP contribution in [0.5, 0.6) is 0 Å². The van der Waals surface area contributed by atoms with Crippen LogP contribution in [-0.4, -0.2) is 42.2 Å². The Labute approximate surface area is 112 Å². The lowest BCUT2D eigenvalue weighted by molar-refractivity contribution is -0.120. The molecular formula is C12H18ClN3O2. The maximum Gasteiger partial charge on any atom is 0.239 e. The Balaban J connectivity index is 2.51. The number of carbonyl (C=O) groups excluding carboxylic acids is 1. The molecule has 1 atom stereocenters. The molecule has 1 amide bonds. The quantitative estimate of drug-likeness (QED) is 0.812. The van der Waals surface area contributed by atoms with E-state index in [1.807, 2.05) is 6.92 Å². The molecule has 1 aromatic heterocycles. The van der Waals surface area contributed by atoms with Crippen LogP contribution in [0, 0.1) is 0 Å². The van der Waals surface area contributed by atoms with Gasteiger partial charge in [0.2, 0.25) is 5.91 Å². The molecule has 1 rings (SSSR count). The van der Waals surface area contributed by atoms with Crippen molar-refractivity contribution in [2.75, 3.05) is 25.1 Å². The van der Waals surface area contributed by atoms with Gasteiger partial charge < -0.3 is 15.3 Å². The predicted octanol–water partition coefficient (Wildman–Crippen LogP) is 1.06. The first-order valence-corrected chi connectivity index (χ1v) is 6.17. The second-order valence-corrected chi connectivity index (χ2v) is 4.48. The number of anilines is 1. The van der Waals surface area contributed by atoms with Crippen LogP contribution in [0.1, 0.15) is 13.3 Å². The van der Waals surface area contributed by atoms with Crippen molar-refractivity contribution >= 4 is 23.3 Å². The molecule has 0 spiro atoms. The molecule has 6 heteroatoms. The van der Waals surface area contributed by atoms with Gasteiger partial charge in [-0.15, -0.1) is 0 Å². The lowest BCUT2D eigenvalue weighted by Crippen LogP contribution is -2.42. The van der Waals surface area contributed by atoms with E-state index in [1.165, 1.54) is 6.20 Å². The summed E-state index contributed by atoms with van der Waals surface area (Å²) in [7, 11) is 1.77. The SMILES string of the molecule is CC[C@H](CO)NC(=O)CN(C)c1ccc(Cl)cn1. The summed E-state index contributed by atoms with van der Waals surface area (Å²) in [5.74, 6) is 0.529. The number of halogens is 1. The lowest BCUT2D eigenvalue weighted by Gasteiger charge is -2.20. The van der Waals surface area contributed by atoms with E-state index in [-0.39, 0.29) is 25.1 Å². The van der Waals surface area contributed by atoms with Gasteiger partial charge in [0.15, 0.2) is 0 Å². The van der Waals surface area contributed by atoms with E-state index in [4.69, 9.17) is 16.7 Å². The van der Waals surface area contributed by atoms with Crippen LogP contribution in [0.3, 0.4) is 0 Å². The number of amides is 1. The van der Waals surface area contributed by atoms with Crippen LogP contribution in [0.15, 0.2) is 18.3 Å². The zero-order valence-corrected chi connectivity index (χ0v) is 11.3. The Morgan fingerprint density at radius 3 is 2.83 bits per heavy atom. The second-order valence-electron chi connectivity index (χ2n) is 4.05. The summed E-state index contributed by atoms with van der Waals surface area (Å²) in [6.07, 6.45) is 2.24. The van der Waals surface area contributed by atoms with E-state index in [0.717, 1.165) is 0 Å². The normalized spacial score (nSPS) is 12.0. The standard InChI is InChI=1S/C12H18ClN3O2/c1-3-10(8-17)15-12(18)7-16(2)11-5-4-9(13)6-14-11/h4-6,10,17H,3,7-8H2,1-2H3,(H,15,18)/t10-/m1/s1. The maximum absolute atomic E-state index is 11.7. The van der Waals surface area contributed by atoms with Gasteiger partial charge in [0, 0.05) is 13.2 Å². The minimum absolute atomic E-state index is 0.0504. The van der Waals surface area contributed by atoms with Crippen molar-refractivity contribution < 1.29 is 9.90 Å². The summed E-state index contributed by atoms with van der Waals surface area (Å²) < 4.78 is 0. The molecule has 0 aliphatic carbocycles. The van der Waals surface area contributed by atoms with Crippen LogP contribution in [0.25, 0.3) is 0 Å². The van der Waals surface area contributed by atoms with E-state index in [1.54, 1.807) is 24.1 Å². The van der Waals surface area contributed by atoms with E-state index in [9.17, 15) is 4.79 Å². The van der Waals surface area contributed by atoms with Gasteiger partial charge in [-0.05, 0) is 18.6 Å². The molecule has 0 aliphatic rings. The highest BCUT2D eigenvalue weighted by molar-refractivity contribution is 6.30. The summed E-state index contributed by atoms with van der Waals surface area (Å²) in [4.78, 5) is 17.5. The third-order valence-electron chi connectivity index (χ3n) is 2.56. The van der Waals surface area contributed by atoms with Crippen molar-refractivity contribution in [2.45, 2.75) is 19.4 Å². The number of nitrogens with one attached hydrogen (secondary N) is 1. The lowest BCUT2D eigenvalue weighted by atomic mass is 10.2. The highest BCUT2D eigenvalue weighted by Gasteiger charge is 2.12. The van der Waals surface area contributed by atoms with E-state index < -0.39 is 0 Å². The third kappa shape index (κ3) is 4.50. The molecule has 0 saturated carbocycles. The van der Waals surface area contributed by atoms with Crippen molar-refractivity contribution in [3.63, 3.8) is 0 Å². The average molecular weight is 272 g/mol. The number of carbonyl (C=O) groups is 1. The van der Waals surface area contributed by atoms with Crippen LogP contribution in [-0.2, 0) is 4.79 Å². The van der Waals surface area contributed by atoms with E-state index in [2.05, 4.69) is 10.3 Å². The Morgan fingerprint density at radius 2 is 2.33 bits per heavy atom. The summed E-state index contributed by atoms with van der Waals surface area (Å²) >= 11 is 5.74. The van der Waals surface area contributed by atoms with Gasteiger partial charge in [-0.3, -0.25) is 4.79 Å². The van der Waals surface area contributed by atoms with Crippen molar-refractivity contribution in [1.82, 2.24) is 10.3 Å². The average Bonchev–Trinajstić information content (AvgIpc) is 2.36. The Morgan fingerprint density at radius 1 is 1.61 bits per heavy atom. The zero-order chi connectivity index (χ0) is 13.5. The first-order valence-electron chi connectivity index (χ1n) is 5.79. The first-order chi connectivity index (χ1) is 8.56. The molecule has 0 unspecified atom stereocenters. The second kappa shape index (κ2) is 7.18. The van der Waals surface area contributed by atoms with Crippen LogP contribution in [0.4, 0.5) is 5.82 Å². The summed E-state index contributed by atoms with van der Waals surface area (Å²) in [6, 6.07) is 3.28. The van der Waals surface area contributed by atoms with Gasteiger partial charge in [-0.1, -0.05) is 18.5 Å². The monoisotopic (exact) mass is 271 g/mol. The molecule has 0 bridgehead atoms. The van der Waals surface area contributed by atoms with Gasteiger partial charge in [-0.2, -0.15) is 0 Å². The number of pyridine rings is 1. The minimum Gasteiger partial charge on any atom is -0.394 e. The number of aliphatic hydroxyl groups excluding tert-OH is 1. The molecule has 5 nitrogen and oxygen atoms in total. The number of aromatic nitrogens is 1. The zero-order valence-electron chi connectivity index (χ0n) is 10.6. The molecular weight excluding hydrogens is 254 g/mol.